The molecule has 2 N–H and O–H groups in total. The summed E-state index contributed by atoms with van der Waals surface area (Å²) in [6.07, 6.45) is 0.849. The summed E-state index contributed by atoms with van der Waals surface area (Å²) >= 11 is 0. The van der Waals surface area contributed by atoms with E-state index in [4.69, 9.17) is 5.73 Å². The topological polar surface area (TPSA) is 51.8 Å². The van der Waals surface area contributed by atoms with Crippen LogP contribution >= 0.6 is 0 Å². The minimum Gasteiger partial charge on any atom is -0.328 e. The molecule has 0 amide bonds. The van der Waals surface area contributed by atoms with E-state index < -0.39 is 0 Å². The molecule has 1 aromatic carbocycles. The third kappa shape index (κ3) is 1.97. The summed E-state index contributed by atoms with van der Waals surface area (Å²) in [6, 6.07) is 8.20. The SMILES string of the molecule is Cc1nnc2ccccc2c1CC(C)N. The fourth-order valence-electron chi connectivity index (χ4n) is 1.78. The van der Waals surface area contributed by atoms with Gasteiger partial charge in [-0.3, -0.25) is 0 Å². The second-order valence-corrected chi connectivity index (χ2v) is 3.96. The van der Waals surface area contributed by atoms with Gasteiger partial charge in [-0.25, -0.2) is 0 Å². The summed E-state index contributed by atoms with van der Waals surface area (Å²) in [4.78, 5) is 0. The molecule has 1 unspecified atom stereocenters. The van der Waals surface area contributed by atoms with E-state index in [0.717, 1.165) is 17.6 Å². The van der Waals surface area contributed by atoms with Gasteiger partial charge in [0.2, 0.25) is 0 Å². The Bertz CT molecular complexity index is 477. The van der Waals surface area contributed by atoms with E-state index in [1.54, 1.807) is 0 Å². The zero-order valence-corrected chi connectivity index (χ0v) is 9.07. The van der Waals surface area contributed by atoms with Gasteiger partial charge >= 0.3 is 0 Å². The number of nitrogens with two attached hydrogens (primary N) is 1. The van der Waals surface area contributed by atoms with Gasteiger partial charge in [-0.05, 0) is 31.9 Å². The molecule has 3 heteroatoms. The number of hydrogen-bond donors (Lipinski definition) is 1. The number of aryl methyl sites for hydroxylation is 1. The smallest absolute Gasteiger partial charge is 0.0932 e. The van der Waals surface area contributed by atoms with Crippen LogP contribution in [0.25, 0.3) is 10.9 Å². The average molecular weight is 201 g/mol. The minimum absolute atomic E-state index is 0.149. The molecule has 0 aliphatic heterocycles. The van der Waals surface area contributed by atoms with Gasteiger partial charge in [0.25, 0.3) is 0 Å². The fourth-order valence-corrected chi connectivity index (χ4v) is 1.78. The van der Waals surface area contributed by atoms with Crippen LogP contribution in [0.1, 0.15) is 18.2 Å². The maximum Gasteiger partial charge on any atom is 0.0932 e. The van der Waals surface area contributed by atoms with E-state index in [9.17, 15) is 0 Å². The van der Waals surface area contributed by atoms with Crippen molar-refractivity contribution in [3.8, 4) is 0 Å². The summed E-state index contributed by atoms with van der Waals surface area (Å²) in [7, 11) is 0. The summed E-state index contributed by atoms with van der Waals surface area (Å²) in [5, 5.41) is 9.48. The van der Waals surface area contributed by atoms with E-state index in [-0.39, 0.29) is 6.04 Å². The Kier molecular flexibility index (Phi) is 2.64. The van der Waals surface area contributed by atoms with Gasteiger partial charge in [0.1, 0.15) is 0 Å². The third-order valence-corrected chi connectivity index (χ3v) is 2.50. The minimum atomic E-state index is 0.149. The Morgan fingerprint density at radius 3 is 2.73 bits per heavy atom. The van der Waals surface area contributed by atoms with Crippen LogP contribution in [0.5, 0.6) is 0 Å². The molecule has 3 nitrogen and oxygen atoms in total. The second kappa shape index (κ2) is 3.95. The lowest BCUT2D eigenvalue weighted by Crippen LogP contribution is -2.19. The van der Waals surface area contributed by atoms with Crippen LogP contribution in [-0.4, -0.2) is 16.2 Å². The van der Waals surface area contributed by atoms with Gasteiger partial charge in [-0.2, -0.15) is 10.2 Å². The van der Waals surface area contributed by atoms with Crippen LogP contribution in [-0.2, 0) is 6.42 Å². The summed E-state index contributed by atoms with van der Waals surface area (Å²) in [6.45, 7) is 3.99. The maximum atomic E-state index is 5.84. The van der Waals surface area contributed by atoms with Crippen molar-refractivity contribution in [1.82, 2.24) is 10.2 Å². The van der Waals surface area contributed by atoms with Gasteiger partial charge < -0.3 is 5.73 Å². The lowest BCUT2D eigenvalue weighted by atomic mass is 10.0. The molecule has 0 saturated carbocycles. The first-order valence-electron chi connectivity index (χ1n) is 5.15. The quantitative estimate of drug-likeness (QED) is 0.806. The monoisotopic (exact) mass is 201 g/mol. The van der Waals surface area contributed by atoms with Crippen molar-refractivity contribution in [2.75, 3.05) is 0 Å². The van der Waals surface area contributed by atoms with Crippen molar-refractivity contribution < 1.29 is 0 Å². The van der Waals surface area contributed by atoms with Crippen molar-refractivity contribution in [3.05, 3.63) is 35.5 Å². The average Bonchev–Trinajstić information content (AvgIpc) is 2.22. The number of rotatable bonds is 2. The number of fused-ring (bicyclic) bond motifs is 1. The van der Waals surface area contributed by atoms with Crippen LogP contribution in [0, 0.1) is 6.92 Å². The van der Waals surface area contributed by atoms with Gasteiger partial charge in [-0.1, -0.05) is 18.2 Å². The van der Waals surface area contributed by atoms with Gasteiger partial charge in [0.05, 0.1) is 11.2 Å². The Hall–Kier alpha value is -1.48. The molecule has 1 heterocycles. The molecule has 1 atom stereocenters. The lowest BCUT2D eigenvalue weighted by molar-refractivity contribution is 0.732. The van der Waals surface area contributed by atoms with Crippen molar-refractivity contribution in [2.45, 2.75) is 26.3 Å². The van der Waals surface area contributed by atoms with E-state index in [0.29, 0.717) is 0 Å². The van der Waals surface area contributed by atoms with Crippen molar-refractivity contribution >= 4 is 10.9 Å². The number of hydrogen-bond acceptors (Lipinski definition) is 3. The van der Waals surface area contributed by atoms with Crippen LogP contribution < -0.4 is 5.73 Å². The normalized spacial score (nSPS) is 13.0. The molecule has 0 bridgehead atoms. The summed E-state index contributed by atoms with van der Waals surface area (Å²) in [5.74, 6) is 0. The summed E-state index contributed by atoms with van der Waals surface area (Å²) in [5.41, 5.74) is 8.98. The number of benzene rings is 1. The molecule has 0 fully saturated rings. The zero-order valence-electron chi connectivity index (χ0n) is 9.07. The molecular formula is C12H15N3. The fraction of sp³-hybridized carbons (Fsp3) is 0.333. The van der Waals surface area contributed by atoms with Crippen molar-refractivity contribution in [1.29, 1.82) is 0 Å². The highest BCUT2D eigenvalue weighted by molar-refractivity contribution is 5.82. The predicted molar refractivity (Wildman–Crippen MR) is 61.6 cm³/mol. The first kappa shape index (κ1) is 10.1. The van der Waals surface area contributed by atoms with Crippen LogP contribution in [0.2, 0.25) is 0 Å². The molecule has 0 aliphatic rings. The van der Waals surface area contributed by atoms with E-state index in [2.05, 4.69) is 16.3 Å². The highest BCUT2D eigenvalue weighted by atomic mass is 15.1. The predicted octanol–water partition coefficient (Wildman–Crippen LogP) is 1.83. The van der Waals surface area contributed by atoms with E-state index in [1.807, 2.05) is 32.0 Å². The first-order chi connectivity index (χ1) is 7.18. The molecule has 0 saturated heterocycles. The Balaban J connectivity index is 2.63. The Labute approximate surface area is 89.3 Å². The molecule has 0 spiro atoms. The number of aromatic nitrogens is 2. The maximum absolute atomic E-state index is 5.84. The highest BCUT2D eigenvalue weighted by Gasteiger charge is 2.08. The molecular weight excluding hydrogens is 186 g/mol. The number of nitrogens with zero attached hydrogens (tertiary/aromatic N) is 2. The molecule has 0 radical (unpaired) electrons. The van der Waals surface area contributed by atoms with Gasteiger partial charge in [0, 0.05) is 11.4 Å². The van der Waals surface area contributed by atoms with E-state index >= 15 is 0 Å². The second-order valence-electron chi connectivity index (χ2n) is 3.96. The van der Waals surface area contributed by atoms with Crippen LogP contribution in [0.3, 0.4) is 0 Å². The molecule has 0 aliphatic carbocycles. The van der Waals surface area contributed by atoms with Crippen molar-refractivity contribution in [2.24, 2.45) is 5.73 Å². The van der Waals surface area contributed by atoms with Crippen molar-refractivity contribution in [3.63, 3.8) is 0 Å². The molecule has 15 heavy (non-hydrogen) atoms. The highest BCUT2D eigenvalue weighted by Crippen LogP contribution is 2.19. The Morgan fingerprint density at radius 2 is 2.00 bits per heavy atom. The third-order valence-electron chi connectivity index (χ3n) is 2.50. The van der Waals surface area contributed by atoms with Crippen LogP contribution in [0.15, 0.2) is 24.3 Å². The largest absolute Gasteiger partial charge is 0.328 e. The molecule has 1 aromatic heterocycles. The van der Waals surface area contributed by atoms with Gasteiger partial charge in [-0.15, -0.1) is 0 Å². The zero-order chi connectivity index (χ0) is 10.8. The standard InChI is InChI=1S/C12H15N3/c1-8(13)7-11-9(2)14-15-12-6-4-3-5-10(11)12/h3-6,8H,7,13H2,1-2H3. The molecule has 2 rings (SSSR count). The van der Waals surface area contributed by atoms with E-state index in [1.165, 1.54) is 10.9 Å². The summed E-state index contributed by atoms with van der Waals surface area (Å²) < 4.78 is 0. The first-order valence-corrected chi connectivity index (χ1v) is 5.15. The lowest BCUT2D eigenvalue weighted by Gasteiger charge is -2.10. The molecule has 78 valence electrons. The van der Waals surface area contributed by atoms with Gasteiger partial charge in [0.15, 0.2) is 0 Å². The van der Waals surface area contributed by atoms with Crippen LogP contribution in [0.4, 0.5) is 0 Å². The molecule has 2 aromatic rings. The Morgan fingerprint density at radius 1 is 1.27 bits per heavy atom.